The highest BCUT2D eigenvalue weighted by atomic mass is 79.9. The van der Waals surface area contributed by atoms with Crippen molar-refractivity contribution < 1.29 is 19.0 Å². The minimum atomic E-state index is -0.694. The fraction of sp³-hybridized carbons (Fsp3) is 0.308. The van der Waals surface area contributed by atoms with E-state index in [2.05, 4.69) is 20.7 Å². The first-order valence-corrected chi connectivity index (χ1v) is 6.69. The molecule has 0 aromatic heterocycles. The summed E-state index contributed by atoms with van der Waals surface area (Å²) in [5.41, 5.74) is 10.0. The van der Waals surface area contributed by atoms with Gasteiger partial charge in [-0.15, -0.1) is 0 Å². The summed E-state index contributed by atoms with van der Waals surface area (Å²) in [6, 6.07) is 4.53. The number of ether oxygens (including phenoxy) is 1. The Kier molecular flexibility index (Phi) is 12.6. The zero-order valence-electron chi connectivity index (χ0n) is 11.7. The van der Waals surface area contributed by atoms with Gasteiger partial charge in [-0.05, 0) is 25.1 Å². The molecular formula is C13H20BrFN2O3. The number of nitrogen functional groups attached to an aromatic ring is 1. The molecule has 5 nitrogen and oxygen atoms in total. The predicted octanol–water partition coefficient (Wildman–Crippen LogP) is 3.10. The van der Waals surface area contributed by atoms with Crippen molar-refractivity contribution in [1.29, 1.82) is 0 Å². The number of nitrogens with two attached hydrogens (primary N) is 2. The summed E-state index contributed by atoms with van der Waals surface area (Å²) in [7, 11) is 0. The molecule has 0 fully saturated rings. The molecule has 0 spiro atoms. The Morgan fingerprint density at radius 2 is 2.05 bits per heavy atom. The minimum Gasteiger partial charge on any atom is -0.513 e. The van der Waals surface area contributed by atoms with E-state index in [1.165, 1.54) is 12.1 Å². The molecule has 5 N–H and O–H groups in total. The summed E-state index contributed by atoms with van der Waals surface area (Å²) < 4.78 is 17.5. The first kappa shape index (κ1) is 20.6. The smallest absolute Gasteiger partial charge is 0.357 e. The van der Waals surface area contributed by atoms with Gasteiger partial charge in [0, 0.05) is 4.47 Å². The molecular weight excluding hydrogens is 331 g/mol. The molecule has 1 aromatic carbocycles. The molecule has 0 unspecified atom stereocenters. The normalized spacial score (nSPS) is 9.55. The lowest BCUT2D eigenvalue weighted by molar-refractivity contribution is -0.138. The van der Waals surface area contributed by atoms with Crippen LogP contribution in [0.3, 0.4) is 0 Å². The van der Waals surface area contributed by atoms with Crippen LogP contribution in [-0.4, -0.2) is 17.7 Å². The summed E-state index contributed by atoms with van der Waals surface area (Å²) in [4.78, 5) is 10.4. The van der Waals surface area contributed by atoms with Crippen LogP contribution in [0.4, 0.5) is 10.1 Å². The Hall–Kier alpha value is -1.76. The molecule has 1 aromatic rings. The van der Waals surface area contributed by atoms with Crippen LogP contribution in [-0.2, 0) is 9.53 Å². The van der Waals surface area contributed by atoms with Crippen LogP contribution < -0.4 is 11.5 Å². The van der Waals surface area contributed by atoms with Gasteiger partial charge in [0.05, 0.1) is 12.3 Å². The molecule has 0 radical (unpaired) electrons. The van der Waals surface area contributed by atoms with Gasteiger partial charge in [-0.25, -0.2) is 9.18 Å². The van der Waals surface area contributed by atoms with E-state index < -0.39 is 5.97 Å². The molecule has 0 heterocycles. The average Bonchev–Trinajstić information content (AvgIpc) is 2.45. The fourth-order valence-electron chi connectivity index (χ4n) is 0.769. The molecule has 0 aliphatic carbocycles. The van der Waals surface area contributed by atoms with Crippen molar-refractivity contribution in [2.75, 3.05) is 12.3 Å². The fourth-order valence-corrected chi connectivity index (χ4v) is 1.10. The number of carbonyl (C=O) groups is 1. The lowest BCUT2D eigenvalue weighted by Crippen LogP contribution is -2.14. The van der Waals surface area contributed by atoms with E-state index in [0.717, 1.165) is 0 Å². The Bertz CT molecular complexity index is 440. The summed E-state index contributed by atoms with van der Waals surface area (Å²) >= 11 is 3.10. The largest absolute Gasteiger partial charge is 0.513 e. The standard InChI is InChI=1S/C6H5BrFN.C5H9NO3.C2H6/c7-4-1-2-6(9)5(8)3-4;1-2-9-5(8)4(6)3-7;1-2/h1-3H,9H2;3,7H,2,6H2,1H3;1-2H3/b;4-3+;. The highest BCUT2D eigenvalue weighted by Gasteiger charge is 2.03. The van der Waals surface area contributed by atoms with E-state index in [-0.39, 0.29) is 23.8 Å². The molecule has 0 aliphatic heterocycles. The topological polar surface area (TPSA) is 98.6 Å². The molecule has 1 rings (SSSR count). The third-order valence-corrected chi connectivity index (χ3v) is 2.11. The van der Waals surface area contributed by atoms with Gasteiger partial charge in [0.2, 0.25) is 0 Å². The summed E-state index contributed by atoms with van der Waals surface area (Å²) in [5, 5.41) is 8.14. The number of aliphatic hydroxyl groups excluding tert-OH is 1. The number of rotatable bonds is 2. The van der Waals surface area contributed by atoms with E-state index in [4.69, 9.17) is 16.6 Å². The molecule has 0 atom stereocenters. The monoisotopic (exact) mass is 350 g/mol. The van der Waals surface area contributed by atoms with Crippen molar-refractivity contribution in [2.45, 2.75) is 20.8 Å². The third kappa shape index (κ3) is 9.21. The summed E-state index contributed by atoms with van der Waals surface area (Å²) in [6.45, 7) is 5.91. The SMILES string of the molecule is CC.CCOC(=O)/C(N)=C\O.Nc1ccc(Br)cc1F. The van der Waals surface area contributed by atoms with Gasteiger partial charge >= 0.3 is 5.97 Å². The zero-order valence-corrected chi connectivity index (χ0v) is 13.3. The van der Waals surface area contributed by atoms with E-state index in [0.29, 0.717) is 10.7 Å². The Morgan fingerprint density at radius 3 is 2.40 bits per heavy atom. The van der Waals surface area contributed by atoms with Crippen LogP contribution >= 0.6 is 15.9 Å². The van der Waals surface area contributed by atoms with Gasteiger partial charge in [0.1, 0.15) is 12.1 Å². The second-order valence-electron chi connectivity index (χ2n) is 2.97. The maximum Gasteiger partial charge on any atom is 0.357 e. The molecule has 0 saturated carbocycles. The van der Waals surface area contributed by atoms with Crippen LogP contribution in [0.2, 0.25) is 0 Å². The average molecular weight is 351 g/mol. The van der Waals surface area contributed by atoms with Gasteiger partial charge in [-0.2, -0.15) is 0 Å². The third-order valence-electron chi connectivity index (χ3n) is 1.61. The molecule has 0 bridgehead atoms. The summed E-state index contributed by atoms with van der Waals surface area (Å²) in [5.74, 6) is -1.08. The Balaban J connectivity index is 0. The quantitative estimate of drug-likeness (QED) is 0.329. The number of carbonyl (C=O) groups excluding carboxylic acids is 1. The van der Waals surface area contributed by atoms with Crippen molar-refractivity contribution in [3.63, 3.8) is 0 Å². The number of aliphatic hydroxyl groups is 1. The lowest BCUT2D eigenvalue weighted by atomic mass is 10.3. The first-order chi connectivity index (χ1) is 9.42. The van der Waals surface area contributed by atoms with E-state index >= 15 is 0 Å². The van der Waals surface area contributed by atoms with E-state index in [1.807, 2.05) is 13.8 Å². The molecule has 0 amide bonds. The highest BCUT2D eigenvalue weighted by Crippen LogP contribution is 2.15. The maximum atomic E-state index is 12.4. The Labute approximate surface area is 126 Å². The highest BCUT2D eigenvalue weighted by molar-refractivity contribution is 9.10. The first-order valence-electron chi connectivity index (χ1n) is 5.89. The second kappa shape index (κ2) is 12.3. The van der Waals surface area contributed by atoms with E-state index in [1.54, 1.807) is 13.0 Å². The van der Waals surface area contributed by atoms with Gasteiger partial charge in [-0.1, -0.05) is 29.8 Å². The number of hydrogen-bond acceptors (Lipinski definition) is 5. The number of halogens is 2. The van der Waals surface area contributed by atoms with Crippen LogP contribution in [0.25, 0.3) is 0 Å². The zero-order chi connectivity index (χ0) is 16.1. The van der Waals surface area contributed by atoms with Crippen LogP contribution in [0.5, 0.6) is 0 Å². The van der Waals surface area contributed by atoms with Gasteiger partial charge in [0.15, 0.2) is 5.70 Å². The maximum absolute atomic E-state index is 12.4. The molecule has 0 saturated heterocycles. The molecule has 20 heavy (non-hydrogen) atoms. The van der Waals surface area contributed by atoms with Gasteiger partial charge < -0.3 is 21.3 Å². The van der Waals surface area contributed by atoms with Crippen molar-refractivity contribution in [1.82, 2.24) is 0 Å². The molecule has 0 aliphatic rings. The van der Waals surface area contributed by atoms with Crippen molar-refractivity contribution in [3.8, 4) is 0 Å². The number of anilines is 1. The van der Waals surface area contributed by atoms with Crippen molar-refractivity contribution >= 4 is 27.6 Å². The number of benzene rings is 1. The minimum absolute atomic E-state index is 0.179. The van der Waals surface area contributed by atoms with Gasteiger partial charge in [0.25, 0.3) is 0 Å². The van der Waals surface area contributed by atoms with Crippen LogP contribution in [0.15, 0.2) is 34.6 Å². The second-order valence-corrected chi connectivity index (χ2v) is 3.89. The predicted molar refractivity (Wildman–Crippen MR) is 81.4 cm³/mol. The lowest BCUT2D eigenvalue weighted by Gasteiger charge is -1.97. The molecule has 114 valence electrons. The van der Waals surface area contributed by atoms with Crippen LogP contribution in [0.1, 0.15) is 20.8 Å². The Morgan fingerprint density at radius 1 is 1.50 bits per heavy atom. The molecule has 7 heteroatoms. The van der Waals surface area contributed by atoms with Gasteiger partial charge in [-0.3, -0.25) is 0 Å². The van der Waals surface area contributed by atoms with Crippen LogP contribution in [0, 0.1) is 5.82 Å². The number of esters is 1. The van der Waals surface area contributed by atoms with Crippen molar-refractivity contribution in [2.24, 2.45) is 5.73 Å². The van der Waals surface area contributed by atoms with E-state index in [9.17, 15) is 9.18 Å². The number of hydrogen-bond donors (Lipinski definition) is 3. The summed E-state index contributed by atoms with van der Waals surface area (Å²) in [6.07, 6.45) is 0.512. The van der Waals surface area contributed by atoms with Crippen molar-refractivity contribution in [3.05, 3.63) is 40.4 Å².